The van der Waals surface area contributed by atoms with E-state index in [0.29, 0.717) is 5.82 Å². The summed E-state index contributed by atoms with van der Waals surface area (Å²) < 4.78 is 2.83. The van der Waals surface area contributed by atoms with Crippen molar-refractivity contribution >= 4 is 39.1 Å². The molecule has 2 aromatic heterocycles. The zero-order chi connectivity index (χ0) is 11.8. The second kappa shape index (κ2) is 4.05. The van der Waals surface area contributed by atoms with Gasteiger partial charge in [0.15, 0.2) is 0 Å². The molecule has 0 aliphatic carbocycles. The predicted molar refractivity (Wildman–Crippen MR) is 72.9 cm³/mol. The molecule has 0 atom stereocenters. The highest BCUT2D eigenvalue weighted by Crippen LogP contribution is 2.29. The Bertz CT molecular complexity index is 638. The van der Waals surface area contributed by atoms with Gasteiger partial charge in [-0.15, -0.1) is 11.8 Å². The van der Waals surface area contributed by atoms with E-state index in [4.69, 9.17) is 5.73 Å². The van der Waals surface area contributed by atoms with Crippen LogP contribution < -0.4 is 5.73 Å². The van der Waals surface area contributed by atoms with Crippen LogP contribution in [0.25, 0.3) is 15.3 Å². The summed E-state index contributed by atoms with van der Waals surface area (Å²) in [7, 11) is 0. The first kappa shape index (κ1) is 10.6. The molecule has 2 heterocycles. The van der Waals surface area contributed by atoms with Crippen LogP contribution >= 0.6 is 23.1 Å². The quantitative estimate of drug-likeness (QED) is 0.721. The van der Waals surface area contributed by atoms with Gasteiger partial charge in [0.25, 0.3) is 0 Å². The van der Waals surface area contributed by atoms with E-state index in [2.05, 4.69) is 10.1 Å². The largest absolute Gasteiger partial charge is 0.383 e. The van der Waals surface area contributed by atoms with E-state index < -0.39 is 0 Å². The average Bonchev–Trinajstić information content (AvgIpc) is 2.91. The lowest BCUT2D eigenvalue weighted by Gasteiger charge is -1.98. The minimum atomic E-state index is 0.650. The Morgan fingerprint density at radius 2 is 2.18 bits per heavy atom. The summed E-state index contributed by atoms with van der Waals surface area (Å²) in [6, 6.07) is 8.02. The van der Waals surface area contributed by atoms with Gasteiger partial charge < -0.3 is 5.73 Å². The maximum atomic E-state index is 6.01. The van der Waals surface area contributed by atoms with Crippen LogP contribution in [0.3, 0.4) is 0 Å². The summed E-state index contributed by atoms with van der Waals surface area (Å²) in [5.41, 5.74) is 6.99. The molecule has 2 N–H and O–H groups in total. The van der Waals surface area contributed by atoms with Gasteiger partial charge in [-0.1, -0.05) is 23.5 Å². The fourth-order valence-corrected chi connectivity index (χ4v) is 2.99. The van der Waals surface area contributed by atoms with Crippen molar-refractivity contribution in [3.63, 3.8) is 0 Å². The molecule has 3 rings (SSSR count). The topological polar surface area (TPSA) is 56.7 Å². The van der Waals surface area contributed by atoms with Crippen LogP contribution in [-0.4, -0.2) is 21.0 Å². The Morgan fingerprint density at radius 1 is 1.35 bits per heavy atom. The van der Waals surface area contributed by atoms with E-state index in [1.54, 1.807) is 34.0 Å². The van der Waals surface area contributed by atoms with Crippen molar-refractivity contribution in [2.75, 3.05) is 12.0 Å². The van der Waals surface area contributed by atoms with Crippen molar-refractivity contribution in [1.29, 1.82) is 0 Å². The number of anilines is 1. The second-order valence-corrected chi connectivity index (χ2v) is 5.33. The Balaban J connectivity index is 2.17. The number of para-hydroxylation sites is 1. The molecule has 0 bridgehead atoms. The number of thioether (sulfide) groups is 1. The summed E-state index contributed by atoms with van der Waals surface area (Å²) in [5.74, 6) is 0.650. The van der Waals surface area contributed by atoms with Gasteiger partial charge in [0.1, 0.15) is 5.82 Å². The fourth-order valence-electron chi connectivity index (χ4n) is 1.60. The number of nitrogens with two attached hydrogens (primary N) is 1. The molecule has 0 saturated carbocycles. The Morgan fingerprint density at radius 3 is 2.88 bits per heavy atom. The number of thiazole rings is 1. The molecule has 0 unspecified atom stereocenters. The van der Waals surface area contributed by atoms with E-state index in [9.17, 15) is 0 Å². The highest BCUT2D eigenvalue weighted by Gasteiger charge is 2.11. The zero-order valence-corrected chi connectivity index (χ0v) is 10.8. The molecule has 0 radical (unpaired) electrons. The first-order valence-electron chi connectivity index (χ1n) is 5.03. The summed E-state index contributed by atoms with van der Waals surface area (Å²) >= 11 is 3.17. The molecule has 86 valence electrons. The number of benzene rings is 1. The molecule has 3 aromatic rings. The van der Waals surface area contributed by atoms with E-state index in [-0.39, 0.29) is 0 Å². The summed E-state index contributed by atoms with van der Waals surface area (Å²) in [4.78, 5) is 5.50. The standard InChI is InChI=1S/C11H10N4S2/c1-16-9-6-13-15(10(9)12)11-14-7-4-2-3-5-8(7)17-11/h2-6H,12H2,1H3. The van der Waals surface area contributed by atoms with Crippen molar-refractivity contribution < 1.29 is 0 Å². The SMILES string of the molecule is CSc1cnn(-c2nc3ccccc3s2)c1N. The third kappa shape index (κ3) is 1.69. The van der Waals surface area contributed by atoms with Crippen LogP contribution in [0, 0.1) is 0 Å². The summed E-state index contributed by atoms with van der Waals surface area (Å²) in [6.07, 6.45) is 3.75. The minimum Gasteiger partial charge on any atom is -0.383 e. The minimum absolute atomic E-state index is 0.650. The first-order valence-corrected chi connectivity index (χ1v) is 7.07. The van der Waals surface area contributed by atoms with Crippen molar-refractivity contribution in [2.24, 2.45) is 0 Å². The van der Waals surface area contributed by atoms with Crippen LogP contribution in [0.1, 0.15) is 0 Å². The maximum absolute atomic E-state index is 6.01. The molecule has 4 nitrogen and oxygen atoms in total. The van der Waals surface area contributed by atoms with Gasteiger partial charge in [-0.05, 0) is 18.4 Å². The van der Waals surface area contributed by atoms with Gasteiger partial charge in [-0.3, -0.25) is 0 Å². The van der Waals surface area contributed by atoms with Gasteiger partial charge in [-0.25, -0.2) is 4.98 Å². The van der Waals surface area contributed by atoms with Crippen LogP contribution in [0.15, 0.2) is 35.4 Å². The molecule has 0 aliphatic rings. The third-order valence-electron chi connectivity index (χ3n) is 2.45. The molecule has 0 spiro atoms. The number of hydrogen-bond donors (Lipinski definition) is 1. The Hall–Kier alpha value is -1.53. The third-order valence-corrected chi connectivity index (χ3v) is 4.22. The molecule has 0 saturated heterocycles. The molecule has 0 aliphatic heterocycles. The lowest BCUT2D eigenvalue weighted by molar-refractivity contribution is 0.883. The molecule has 6 heteroatoms. The molecule has 0 fully saturated rings. The van der Waals surface area contributed by atoms with Crippen molar-refractivity contribution in [2.45, 2.75) is 4.90 Å². The Kier molecular flexibility index (Phi) is 2.53. The monoisotopic (exact) mass is 262 g/mol. The van der Waals surface area contributed by atoms with Gasteiger partial charge in [0.05, 0.1) is 21.3 Å². The van der Waals surface area contributed by atoms with Crippen LogP contribution in [0.2, 0.25) is 0 Å². The summed E-state index contributed by atoms with van der Waals surface area (Å²) in [5, 5.41) is 5.08. The molecular formula is C11H10N4S2. The molecule has 0 amide bonds. The molecule has 17 heavy (non-hydrogen) atoms. The lowest BCUT2D eigenvalue weighted by Crippen LogP contribution is -2.01. The van der Waals surface area contributed by atoms with Crippen LogP contribution in [-0.2, 0) is 0 Å². The number of nitrogen functional groups attached to an aromatic ring is 1. The average molecular weight is 262 g/mol. The summed E-state index contributed by atoms with van der Waals surface area (Å²) in [6.45, 7) is 0. The lowest BCUT2D eigenvalue weighted by atomic mass is 10.3. The van der Waals surface area contributed by atoms with Crippen molar-refractivity contribution in [3.8, 4) is 5.13 Å². The van der Waals surface area contributed by atoms with Crippen molar-refractivity contribution in [1.82, 2.24) is 14.8 Å². The van der Waals surface area contributed by atoms with Gasteiger partial charge in [-0.2, -0.15) is 9.78 Å². The number of fused-ring (bicyclic) bond motifs is 1. The zero-order valence-electron chi connectivity index (χ0n) is 9.12. The van der Waals surface area contributed by atoms with Gasteiger partial charge >= 0.3 is 0 Å². The van der Waals surface area contributed by atoms with E-state index >= 15 is 0 Å². The van der Waals surface area contributed by atoms with E-state index in [1.165, 1.54) is 0 Å². The van der Waals surface area contributed by atoms with Crippen LogP contribution in [0.4, 0.5) is 5.82 Å². The van der Waals surface area contributed by atoms with Crippen LogP contribution in [0.5, 0.6) is 0 Å². The van der Waals surface area contributed by atoms with E-state index in [1.807, 2.05) is 30.5 Å². The highest BCUT2D eigenvalue weighted by molar-refractivity contribution is 7.98. The molecular weight excluding hydrogens is 252 g/mol. The number of rotatable bonds is 2. The first-order chi connectivity index (χ1) is 8.29. The smallest absolute Gasteiger partial charge is 0.213 e. The van der Waals surface area contributed by atoms with Crippen molar-refractivity contribution in [3.05, 3.63) is 30.5 Å². The van der Waals surface area contributed by atoms with E-state index in [0.717, 1.165) is 20.2 Å². The van der Waals surface area contributed by atoms with Gasteiger partial charge in [0.2, 0.25) is 5.13 Å². The Labute approximate surface area is 106 Å². The van der Waals surface area contributed by atoms with Gasteiger partial charge in [0, 0.05) is 0 Å². The fraction of sp³-hybridized carbons (Fsp3) is 0.0909. The number of aromatic nitrogens is 3. The number of hydrogen-bond acceptors (Lipinski definition) is 5. The highest BCUT2D eigenvalue weighted by atomic mass is 32.2. The maximum Gasteiger partial charge on any atom is 0.213 e. The molecule has 1 aromatic carbocycles. The normalized spacial score (nSPS) is 11.1. The predicted octanol–water partition coefficient (Wildman–Crippen LogP) is 2.79. The number of nitrogens with zero attached hydrogens (tertiary/aromatic N) is 3. The second-order valence-electron chi connectivity index (χ2n) is 3.47.